The Labute approximate surface area is 216 Å². The highest BCUT2D eigenvalue weighted by atomic mass is 32.2. The number of carbonyl (C=O) groups is 1. The minimum Gasteiger partial charge on any atom is -0.335 e. The third-order valence-electron chi connectivity index (χ3n) is 7.68. The Morgan fingerprint density at radius 3 is 2.39 bits per heavy atom. The maximum Gasteiger partial charge on any atom is 0.228 e. The molecule has 2 saturated carbocycles. The minimum atomic E-state index is -3.65. The van der Waals surface area contributed by atoms with E-state index in [9.17, 15) is 13.2 Å². The molecule has 1 amide bonds. The van der Waals surface area contributed by atoms with Crippen molar-refractivity contribution in [2.75, 3.05) is 27.2 Å². The van der Waals surface area contributed by atoms with Crippen LogP contribution >= 0.6 is 0 Å². The normalized spacial score (nSPS) is 17.7. The van der Waals surface area contributed by atoms with Crippen LogP contribution in [0.3, 0.4) is 0 Å². The topological polar surface area (TPSA) is 75.5 Å². The summed E-state index contributed by atoms with van der Waals surface area (Å²) in [5.74, 6) is 0.223. The van der Waals surface area contributed by atoms with Gasteiger partial charge in [-0.05, 0) is 52.3 Å². The number of hydrogen-bond acceptors (Lipinski definition) is 5. The first-order chi connectivity index (χ1) is 17.2. The molecule has 0 radical (unpaired) electrons. The summed E-state index contributed by atoms with van der Waals surface area (Å²) < 4.78 is 29.3. The Morgan fingerprint density at radius 1 is 1.03 bits per heavy atom. The van der Waals surface area contributed by atoms with Gasteiger partial charge in [-0.25, -0.2) is 13.4 Å². The van der Waals surface area contributed by atoms with Gasteiger partial charge in [-0.3, -0.25) is 4.79 Å². The fraction of sp³-hybridized carbons (Fsp3) is 0.643. The fourth-order valence-corrected chi connectivity index (χ4v) is 7.28. The zero-order valence-corrected chi connectivity index (χ0v) is 23.0. The molecule has 0 saturated heterocycles. The van der Waals surface area contributed by atoms with Crippen molar-refractivity contribution >= 4 is 15.7 Å². The van der Waals surface area contributed by atoms with Gasteiger partial charge in [0, 0.05) is 25.0 Å². The quantitative estimate of drug-likeness (QED) is 0.457. The van der Waals surface area contributed by atoms with E-state index in [1.54, 1.807) is 6.20 Å². The standard InChI is InChI=1S/C28H42N4O3S/c1-22-10-9-11-23(18-22)21-36(34,35)28-29-19-26(32(28)25-14-5-4-6-15-25)20-31(17-16-30(2)3)27(33)24-12-7-8-13-24/h9-11,18-19,24-25H,4-8,12-17,20-21H2,1-3H3. The van der Waals surface area contributed by atoms with Crippen LogP contribution in [0.2, 0.25) is 0 Å². The zero-order chi connectivity index (χ0) is 25.7. The summed E-state index contributed by atoms with van der Waals surface area (Å²) in [4.78, 5) is 22.0. The monoisotopic (exact) mass is 514 g/mol. The molecule has 2 aliphatic rings. The summed E-state index contributed by atoms with van der Waals surface area (Å²) in [5.41, 5.74) is 2.66. The van der Waals surface area contributed by atoms with Crippen LogP contribution in [-0.4, -0.2) is 60.9 Å². The molecular formula is C28H42N4O3S. The van der Waals surface area contributed by atoms with E-state index in [0.29, 0.717) is 13.1 Å². The number of carbonyl (C=O) groups excluding carboxylic acids is 1. The molecule has 0 N–H and O–H groups in total. The van der Waals surface area contributed by atoms with Crippen molar-refractivity contribution in [1.29, 1.82) is 0 Å². The van der Waals surface area contributed by atoms with Crippen molar-refractivity contribution < 1.29 is 13.2 Å². The summed E-state index contributed by atoms with van der Waals surface area (Å²) in [5, 5.41) is 0.159. The Balaban J connectivity index is 1.66. The Morgan fingerprint density at radius 2 is 1.72 bits per heavy atom. The first-order valence-corrected chi connectivity index (χ1v) is 15.2. The Kier molecular flexibility index (Phi) is 8.88. The minimum absolute atomic E-state index is 0.0663. The van der Waals surface area contributed by atoms with Gasteiger partial charge in [0.15, 0.2) is 0 Å². The summed E-state index contributed by atoms with van der Waals surface area (Å²) in [7, 11) is 0.382. The fourth-order valence-electron chi connectivity index (χ4n) is 5.75. The molecule has 36 heavy (non-hydrogen) atoms. The SMILES string of the molecule is Cc1cccc(CS(=O)(=O)c2ncc(CN(CCN(C)C)C(=O)C3CCCC3)n2C2CCCCC2)c1. The number of amides is 1. The molecule has 1 heterocycles. The molecule has 2 aromatic rings. The van der Waals surface area contributed by atoms with E-state index in [4.69, 9.17) is 0 Å². The van der Waals surface area contributed by atoms with Crippen molar-refractivity contribution in [2.45, 2.75) is 88.2 Å². The highest BCUT2D eigenvalue weighted by Gasteiger charge is 2.32. The summed E-state index contributed by atoms with van der Waals surface area (Å²) >= 11 is 0. The number of benzene rings is 1. The average Bonchev–Trinajstić information content (AvgIpc) is 3.52. The van der Waals surface area contributed by atoms with E-state index in [0.717, 1.165) is 74.7 Å². The van der Waals surface area contributed by atoms with Gasteiger partial charge in [0.25, 0.3) is 0 Å². The number of rotatable bonds is 10. The first-order valence-electron chi connectivity index (χ1n) is 13.5. The van der Waals surface area contributed by atoms with Crippen LogP contribution in [0.15, 0.2) is 35.6 Å². The van der Waals surface area contributed by atoms with Crippen molar-refractivity contribution in [1.82, 2.24) is 19.4 Å². The van der Waals surface area contributed by atoms with Crippen molar-refractivity contribution in [3.05, 3.63) is 47.3 Å². The Bertz CT molecular complexity index is 1130. The van der Waals surface area contributed by atoms with Gasteiger partial charge in [-0.1, -0.05) is 61.9 Å². The van der Waals surface area contributed by atoms with Gasteiger partial charge >= 0.3 is 0 Å². The van der Waals surface area contributed by atoms with E-state index in [2.05, 4.69) is 9.88 Å². The summed E-state index contributed by atoms with van der Waals surface area (Å²) in [6.45, 7) is 3.78. The predicted octanol–water partition coefficient (Wildman–Crippen LogP) is 4.75. The van der Waals surface area contributed by atoms with Crippen molar-refractivity contribution in [3.8, 4) is 0 Å². The number of aryl methyl sites for hydroxylation is 1. The molecule has 4 rings (SSSR count). The number of imidazole rings is 1. The lowest BCUT2D eigenvalue weighted by atomic mass is 9.95. The van der Waals surface area contributed by atoms with Crippen LogP contribution < -0.4 is 0 Å². The van der Waals surface area contributed by atoms with E-state index >= 15 is 0 Å². The second kappa shape index (κ2) is 11.9. The van der Waals surface area contributed by atoms with Crippen molar-refractivity contribution in [2.24, 2.45) is 5.92 Å². The van der Waals surface area contributed by atoms with Gasteiger partial charge in [0.1, 0.15) is 0 Å². The second-order valence-electron chi connectivity index (χ2n) is 11.0. The molecule has 0 unspecified atom stereocenters. The largest absolute Gasteiger partial charge is 0.335 e. The maximum absolute atomic E-state index is 13.7. The van der Waals surface area contributed by atoms with Crippen LogP contribution in [-0.2, 0) is 26.9 Å². The van der Waals surface area contributed by atoms with Gasteiger partial charge in [0.2, 0.25) is 20.9 Å². The molecule has 0 aliphatic heterocycles. The van der Waals surface area contributed by atoms with Crippen LogP contribution in [0.5, 0.6) is 0 Å². The smallest absolute Gasteiger partial charge is 0.228 e. The third kappa shape index (κ3) is 6.57. The first kappa shape index (κ1) is 26.9. The summed E-state index contributed by atoms with van der Waals surface area (Å²) in [6.07, 6.45) is 11.1. The van der Waals surface area contributed by atoms with Gasteiger partial charge in [0.05, 0.1) is 24.2 Å². The predicted molar refractivity (Wildman–Crippen MR) is 142 cm³/mol. The van der Waals surface area contributed by atoms with Gasteiger partial charge in [-0.15, -0.1) is 0 Å². The molecule has 0 atom stereocenters. The van der Waals surface area contributed by atoms with E-state index in [1.807, 2.05) is 54.8 Å². The number of aromatic nitrogens is 2. The molecule has 2 aliphatic carbocycles. The zero-order valence-electron chi connectivity index (χ0n) is 22.2. The lowest BCUT2D eigenvalue weighted by Crippen LogP contribution is -2.40. The van der Waals surface area contributed by atoms with E-state index < -0.39 is 9.84 Å². The molecular weight excluding hydrogens is 472 g/mol. The van der Waals surface area contributed by atoms with Crippen LogP contribution in [0.25, 0.3) is 0 Å². The summed E-state index contributed by atoms with van der Waals surface area (Å²) in [6, 6.07) is 7.77. The average molecular weight is 515 g/mol. The number of hydrogen-bond donors (Lipinski definition) is 0. The second-order valence-corrected chi connectivity index (χ2v) is 12.9. The third-order valence-corrected chi connectivity index (χ3v) is 9.25. The Hall–Kier alpha value is -2.19. The van der Waals surface area contributed by atoms with E-state index in [-0.39, 0.29) is 28.8 Å². The van der Waals surface area contributed by atoms with E-state index in [1.165, 1.54) is 6.42 Å². The number of likely N-dealkylation sites (N-methyl/N-ethyl adjacent to an activating group) is 1. The molecule has 1 aromatic heterocycles. The lowest BCUT2D eigenvalue weighted by molar-refractivity contribution is -0.136. The van der Waals surface area contributed by atoms with Crippen LogP contribution in [0, 0.1) is 12.8 Å². The van der Waals surface area contributed by atoms with Gasteiger partial charge < -0.3 is 14.4 Å². The number of nitrogens with zero attached hydrogens (tertiary/aromatic N) is 4. The van der Waals surface area contributed by atoms with Crippen molar-refractivity contribution in [3.63, 3.8) is 0 Å². The lowest BCUT2D eigenvalue weighted by Gasteiger charge is -2.30. The highest BCUT2D eigenvalue weighted by Crippen LogP contribution is 2.34. The molecule has 8 heteroatoms. The highest BCUT2D eigenvalue weighted by molar-refractivity contribution is 7.90. The molecule has 1 aromatic carbocycles. The molecule has 7 nitrogen and oxygen atoms in total. The number of sulfone groups is 1. The molecule has 2 fully saturated rings. The molecule has 0 spiro atoms. The van der Waals surface area contributed by atoms with Crippen LogP contribution in [0.1, 0.15) is 80.7 Å². The molecule has 198 valence electrons. The molecule has 0 bridgehead atoms. The van der Waals surface area contributed by atoms with Gasteiger partial charge in [-0.2, -0.15) is 0 Å². The maximum atomic E-state index is 13.7. The van der Waals surface area contributed by atoms with Crippen LogP contribution in [0.4, 0.5) is 0 Å².